The third-order valence-corrected chi connectivity index (χ3v) is 8.52. The normalized spacial score (nSPS) is 18.4. The molecule has 2 fully saturated rings. The fourth-order valence-electron chi connectivity index (χ4n) is 6.34. The van der Waals surface area contributed by atoms with Gasteiger partial charge in [-0.2, -0.15) is 0 Å². The molecule has 2 N–H and O–H groups in total. The number of aromatic nitrogens is 4. The number of carboxylic acid groups (broad SMARTS) is 2. The Morgan fingerprint density at radius 2 is 1.09 bits per heavy atom. The van der Waals surface area contributed by atoms with Gasteiger partial charge in [-0.25, -0.2) is 28.3 Å². The van der Waals surface area contributed by atoms with E-state index in [2.05, 4.69) is 9.97 Å². The highest BCUT2D eigenvalue weighted by Gasteiger charge is 2.46. The van der Waals surface area contributed by atoms with Crippen LogP contribution in [0.4, 0.5) is 20.4 Å². The monoisotopic (exact) mass is 622 g/mol. The molecular formula is C31H32F2N6O6. The predicted octanol–water partition coefficient (Wildman–Crippen LogP) is 3.76. The molecule has 4 aromatic rings. The third kappa shape index (κ3) is 4.70. The van der Waals surface area contributed by atoms with Crippen molar-refractivity contribution in [1.82, 2.24) is 19.1 Å². The van der Waals surface area contributed by atoms with Crippen molar-refractivity contribution < 1.29 is 28.6 Å². The molecule has 236 valence electrons. The minimum atomic E-state index is -1.42. The van der Waals surface area contributed by atoms with Crippen LogP contribution in [0, 0.1) is 11.6 Å². The number of aromatic carboxylic acids is 2. The first kappa shape index (κ1) is 30.2. The first-order chi connectivity index (χ1) is 20.9. The molecule has 2 atom stereocenters. The van der Waals surface area contributed by atoms with Crippen molar-refractivity contribution in [2.24, 2.45) is 0 Å². The minimum absolute atomic E-state index is 0.00448. The topological polar surface area (TPSA) is 151 Å². The lowest BCUT2D eigenvalue weighted by Crippen LogP contribution is -2.48. The average Bonchev–Trinajstić information content (AvgIpc) is 3.53. The molecular weight excluding hydrogens is 590 g/mol. The van der Waals surface area contributed by atoms with Crippen LogP contribution in [0.2, 0.25) is 0 Å². The zero-order valence-electron chi connectivity index (χ0n) is 25.6. The SMILES string of the molecule is CC(C)(C)n1cc(C(=O)O)c(=O)c2cc(F)c(N3C[C@H]4C[C@@H]3CN4c3nc4c(cc3F)c(=O)c(C(=O)O)cn4C(C)(C)C)nc21. The zero-order valence-corrected chi connectivity index (χ0v) is 25.6. The maximum Gasteiger partial charge on any atom is 0.341 e. The molecule has 2 bridgehead atoms. The van der Waals surface area contributed by atoms with Gasteiger partial charge < -0.3 is 29.1 Å². The molecule has 0 aliphatic carbocycles. The molecule has 6 rings (SSSR count). The molecule has 0 unspecified atom stereocenters. The number of fused-ring (bicyclic) bond motifs is 4. The molecule has 14 heteroatoms. The van der Waals surface area contributed by atoms with E-state index in [1.165, 1.54) is 12.4 Å². The van der Waals surface area contributed by atoms with Gasteiger partial charge in [-0.3, -0.25) is 9.59 Å². The van der Waals surface area contributed by atoms with Crippen LogP contribution < -0.4 is 20.7 Å². The molecule has 2 aliphatic heterocycles. The van der Waals surface area contributed by atoms with E-state index in [0.717, 1.165) is 12.1 Å². The highest BCUT2D eigenvalue weighted by molar-refractivity contribution is 5.93. The summed E-state index contributed by atoms with van der Waals surface area (Å²) in [6.07, 6.45) is 2.99. The fourth-order valence-corrected chi connectivity index (χ4v) is 6.34. The molecule has 0 aromatic carbocycles. The molecule has 6 heterocycles. The molecule has 0 radical (unpaired) electrons. The van der Waals surface area contributed by atoms with Gasteiger partial charge in [0.15, 0.2) is 23.3 Å². The van der Waals surface area contributed by atoms with Crippen LogP contribution in [0.5, 0.6) is 0 Å². The summed E-state index contributed by atoms with van der Waals surface area (Å²) in [5.41, 5.74) is -3.69. The second kappa shape index (κ2) is 9.81. The highest BCUT2D eigenvalue weighted by Crippen LogP contribution is 2.39. The number of nitrogens with zero attached hydrogens (tertiary/aromatic N) is 6. The maximum atomic E-state index is 15.6. The van der Waals surface area contributed by atoms with Crippen molar-refractivity contribution in [2.75, 3.05) is 22.9 Å². The van der Waals surface area contributed by atoms with Crippen LogP contribution in [0.3, 0.4) is 0 Å². The molecule has 4 aromatic heterocycles. The molecule has 2 saturated heterocycles. The predicted molar refractivity (Wildman–Crippen MR) is 163 cm³/mol. The number of hydrogen-bond acceptors (Lipinski definition) is 8. The van der Waals surface area contributed by atoms with E-state index in [1.54, 1.807) is 18.9 Å². The van der Waals surface area contributed by atoms with Crippen molar-refractivity contribution in [3.8, 4) is 0 Å². The van der Waals surface area contributed by atoms with Crippen molar-refractivity contribution >= 4 is 45.6 Å². The number of carboxylic acids is 2. The second-order valence-electron chi connectivity index (χ2n) is 13.6. The Morgan fingerprint density at radius 1 is 0.733 bits per heavy atom. The van der Waals surface area contributed by atoms with Crippen LogP contribution >= 0.6 is 0 Å². The van der Waals surface area contributed by atoms with Crippen LogP contribution in [-0.2, 0) is 11.1 Å². The Morgan fingerprint density at radius 3 is 1.38 bits per heavy atom. The van der Waals surface area contributed by atoms with E-state index in [9.17, 15) is 29.4 Å². The molecule has 12 nitrogen and oxygen atoms in total. The van der Waals surface area contributed by atoms with Gasteiger partial charge >= 0.3 is 11.9 Å². The number of anilines is 2. The van der Waals surface area contributed by atoms with Crippen LogP contribution in [-0.4, -0.2) is 66.4 Å². The summed E-state index contributed by atoms with van der Waals surface area (Å²) in [5.74, 6) is -4.38. The highest BCUT2D eigenvalue weighted by atomic mass is 19.1. The summed E-state index contributed by atoms with van der Waals surface area (Å²) >= 11 is 0. The van der Waals surface area contributed by atoms with Gasteiger partial charge in [-0.05, 0) is 60.1 Å². The third-order valence-electron chi connectivity index (χ3n) is 8.52. The van der Waals surface area contributed by atoms with Gasteiger partial charge in [0, 0.05) is 36.6 Å². The summed E-state index contributed by atoms with van der Waals surface area (Å²) in [4.78, 5) is 62.0. The Kier molecular flexibility index (Phi) is 6.58. The zero-order chi connectivity index (χ0) is 32.9. The van der Waals surface area contributed by atoms with E-state index in [4.69, 9.17) is 0 Å². The van der Waals surface area contributed by atoms with Gasteiger partial charge in [-0.1, -0.05) is 0 Å². The summed E-state index contributed by atoms with van der Waals surface area (Å²) in [6.45, 7) is 11.4. The van der Waals surface area contributed by atoms with Crippen molar-refractivity contribution in [3.05, 3.63) is 67.7 Å². The molecule has 0 saturated carbocycles. The molecule has 0 spiro atoms. The molecule has 2 aliphatic rings. The van der Waals surface area contributed by atoms with Crippen LogP contribution in [0.15, 0.2) is 34.1 Å². The van der Waals surface area contributed by atoms with Crippen molar-refractivity contribution in [1.29, 1.82) is 0 Å². The van der Waals surface area contributed by atoms with E-state index >= 15 is 8.78 Å². The first-order valence-corrected chi connectivity index (χ1v) is 14.4. The standard InChI is InChI=1S/C31H32F2N6O6/c1-30(2,3)38-12-18(28(42)43)22(40)16-8-20(32)26(34-24(16)38)36-10-15-7-14(36)11-37(15)27-21(33)9-17-23(41)19(29(44)45)13-39(25(17)35-27)31(4,5)6/h8-9,12-15H,7,10-11H2,1-6H3,(H,42,43)(H,44,45)/t14-,15-/m1/s1. The Labute approximate surface area is 255 Å². The average molecular weight is 623 g/mol. The lowest BCUT2D eigenvalue weighted by atomic mass is 10.1. The molecule has 0 amide bonds. The van der Waals surface area contributed by atoms with E-state index in [1.807, 2.05) is 41.5 Å². The van der Waals surface area contributed by atoms with Gasteiger partial charge in [0.2, 0.25) is 10.9 Å². The number of pyridine rings is 4. The summed E-state index contributed by atoms with van der Waals surface area (Å²) < 4.78 is 34.3. The van der Waals surface area contributed by atoms with Gasteiger partial charge in [-0.15, -0.1) is 0 Å². The maximum absolute atomic E-state index is 15.6. The van der Waals surface area contributed by atoms with Gasteiger partial charge in [0.05, 0.1) is 22.9 Å². The Balaban J connectivity index is 1.41. The number of carbonyl (C=O) groups is 2. The smallest absolute Gasteiger partial charge is 0.341 e. The number of hydrogen-bond donors (Lipinski definition) is 2. The fraction of sp³-hybridized carbons (Fsp3) is 0.419. The largest absolute Gasteiger partial charge is 0.477 e. The lowest BCUT2D eigenvalue weighted by Gasteiger charge is -2.36. The van der Waals surface area contributed by atoms with E-state index < -0.39 is 56.6 Å². The minimum Gasteiger partial charge on any atom is -0.477 e. The number of halogens is 2. The Bertz CT molecular complexity index is 1930. The van der Waals surface area contributed by atoms with Crippen LogP contribution in [0.25, 0.3) is 22.1 Å². The summed E-state index contributed by atoms with van der Waals surface area (Å²) in [6, 6.07) is 1.47. The van der Waals surface area contributed by atoms with E-state index in [0.29, 0.717) is 6.42 Å². The van der Waals surface area contributed by atoms with E-state index in [-0.39, 0.29) is 58.9 Å². The molecule has 45 heavy (non-hydrogen) atoms. The second-order valence-corrected chi connectivity index (χ2v) is 13.6. The summed E-state index contributed by atoms with van der Waals surface area (Å²) in [5, 5.41) is 18.9. The number of rotatable bonds is 4. The lowest BCUT2D eigenvalue weighted by molar-refractivity contribution is 0.0683. The van der Waals surface area contributed by atoms with Gasteiger partial charge in [0.1, 0.15) is 22.4 Å². The van der Waals surface area contributed by atoms with Gasteiger partial charge in [0.25, 0.3) is 0 Å². The quantitative estimate of drug-likeness (QED) is 0.344. The first-order valence-electron chi connectivity index (χ1n) is 14.4. The number of piperazine rings is 1. The van der Waals surface area contributed by atoms with Crippen molar-refractivity contribution in [2.45, 2.75) is 71.1 Å². The summed E-state index contributed by atoms with van der Waals surface area (Å²) in [7, 11) is 0. The van der Waals surface area contributed by atoms with Crippen LogP contribution in [0.1, 0.15) is 68.7 Å². The Hall–Kier alpha value is -4.88. The van der Waals surface area contributed by atoms with Crippen molar-refractivity contribution in [3.63, 3.8) is 0 Å².